The van der Waals surface area contributed by atoms with E-state index in [1.165, 1.54) is 18.9 Å². The van der Waals surface area contributed by atoms with Crippen LogP contribution < -0.4 is 10.2 Å². The highest BCUT2D eigenvalue weighted by molar-refractivity contribution is 6.13. The van der Waals surface area contributed by atoms with Crippen LogP contribution >= 0.6 is 0 Å². The smallest absolute Gasteiger partial charge is 0.331 e. The first-order valence-corrected chi connectivity index (χ1v) is 13.1. The summed E-state index contributed by atoms with van der Waals surface area (Å²) in [6.07, 6.45) is 7.14. The van der Waals surface area contributed by atoms with Crippen LogP contribution in [0.25, 0.3) is 5.65 Å². The number of anilines is 2. The van der Waals surface area contributed by atoms with E-state index < -0.39 is 18.1 Å². The van der Waals surface area contributed by atoms with Gasteiger partial charge in [-0.15, -0.1) is 0 Å². The molecule has 2 aliphatic carbocycles. The normalized spacial score (nSPS) is 18.1. The van der Waals surface area contributed by atoms with Crippen molar-refractivity contribution in [2.24, 2.45) is 5.92 Å². The molecule has 202 valence electrons. The molecule has 0 radical (unpaired) electrons. The molecule has 6 rings (SSSR count). The van der Waals surface area contributed by atoms with Crippen molar-refractivity contribution in [2.75, 3.05) is 23.8 Å². The van der Waals surface area contributed by atoms with Crippen molar-refractivity contribution >= 4 is 41.0 Å². The number of likely N-dealkylation sites (N-methyl/N-ethyl adjacent to an activating group) is 1. The van der Waals surface area contributed by atoms with Crippen molar-refractivity contribution in [1.82, 2.24) is 24.3 Å². The lowest BCUT2D eigenvalue weighted by Crippen LogP contribution is -2.30. The van der Waals surface area contributed by atoms with Crippen LogP contribution in [0.2, 0.25) is 0 Å². The second-order valence-corrected chi connectivity index (χ2v) is 10.5. The van der Waals surface area contributed by atoms with E-state index in [4.69, 9.17) is 9.72 Å². The molecular weight excluding hydrogens is 502 g/mol. The third-order valence-corrected chi connectivity index (χ3v) is 7.22. The maximum atomic E-state index is 12.8. The molecule has 1 atom stereocenters. The maximum absolute atomic E-state index is 12.8. The molecule has 4 heterocycles. The number of carbonyl (C=O) groups is 4. The van der Waals surface area contributed by atoms with Crippen molar-refractivity contribution in [3.63, 3.8) is 0 Å². The molecule has 3 aromatic heterocycles. The molecule has 3 aromatic rings. The summed E-state index contributed by atoms with van der Waals surface area (Å²) in [5.41, 5.74) is 3.24. The molecule has 0 bridgehead atoms. The number of ether oxygens (including phenoxy) is 1. The van der Waals surface area contributed by atoms with E-state index in [1.54, 1.807) is 13.0 Å². The Morgan fingerprint density at radius 3 is 2.51 bits per heavy atom. The van der Waals surface area contributed by atoms with Gasteiger partial charge in [0.2, 0.25) is 11.8 Å². The van der Waals surface area contributed by atoms with Gasteiger partial charge < -0.3 is 14.5 Å². The van der Waals surface area contributed by atoms with E-state index in [0.29, 0.717) is 40.3 Å². The molecule has 12 heteroatoms. The van der Waals surface area contributed by atoms with E-state index in [9.17, 15) is 19.2 Å². The molecule has 3 aliphatic rings. The van der Waals surface area contributed by atoms with Gasteiger partial charge in [0.15, 0.2) is 5.65 Å². The maximum Gasteiger partial charge on any atom is 0.331 e. The number of nitrogens with one attached hydrogen (secondary N) is 1. The molecule has 3 fully saturated rings. The number of aromatic nitrogens is 4. The molecule has 1 aliphatic heterocycles. The molecule has 39 heavy (non-hydrogen) atoms. The highest BCUT2D eigenvalue weighted by Gasteiger charge is 2.37. The lowest BCUT2D eigenvalue weighted by molar-refractivity contribution is -0.147. The third kappa shape index (κ3) is 5.06. The van der Waals surface area contributed by atoms with Crippen molar-refractivity contribution in [3.8, 4) is 0 Å². The van der Waals surface area contributed by atoms with Crippen LogP contribution in [0.3, 0.4) is 0 Å². The fourth-order valence-corrected chi connectivity index (χ4v) is 4.86. The van der Waals surface area contributed by atoms with Crippen molar-refractivity contribution < 1.29 is 23.9 Å². The summed E-state index contributed by atoms with van der Waals surface area (Å²) in [4.78, 5) is 65.6. The molecule has 0 spiro atoms. The molecule has 1 saturated heterocycles. The number of imidazole rings is 1. The summed E-state index contributed by atoms with van der Waals surface area (Å²) in [6.45, 7) is 2.99. The molecule has 0 aromatic carbocycles. The number of pyridine rings is 1. The van der Waals surface area contributed by atoms with Gasteiger partial charge in [0, 0.05) is 44.8 Å². The number of hydrogen-bond donors (Lipinski definition) is 1. The number of fused-ring (bicyclic) bond motifs is 1. The minimum atomic E-state index is -0.779. The first kappa shape index (κ1) is 25.0. The van der Waals surface area contributed by atoms with Gasteiger partial charge in [0.05, 0.1) is 17.1 Å². The molecule has 1 unspecified atom stereocenters. The van der Waals surface area contributed by atoms with Gasteiger partial charge in [-0.05, 0) is 50.2 Å². The summed E-state index contributed by atoms with van der Waals surface area (Å²) < 4.78 is 7.52. The Kier molecular flexibility index (Phi) is 6.04. The van der Waals surface area contributed by atoms with E-state index >= 15 is 0 Å². The van der Waals surface area contributed by atoms with Gasteiger partial charge in [-0.1, -0.05) is 0 Å². The largest absolute Gasteiger partial charge is 0.456 e. The summed E-state index contributed by atoms with van der Waals surface area (Å²) in [6, 6.07) is 3.17. The number of carbonyl (C=O) groups excluding carboxylic acids is 4. The standard InChI is InChI=1S/C27H29N7O5/c1-14-28-20(10-23(29-14)31-26(37)17-6-7-17)22(39-15(2)35)9-19-12-33-11-18(16-4-5-16)8-21(25(33)30-19)34-13-24(36)32(3)27(34)38/h8,10-12,16-17,22H,4-7,9,13H2,1-3H3,(H,28,29,31,37). The highest BCUT2D eigenvalue weighted by atomic mass is 16.5. The van der Waals surface area contributed by atoms with Crippen molar-refractivity contribution in [1.29, 1.82) is 0 Å². The Labute approximate surface area is 224 Å². The zero-order chi connectivity index (χ0) is 27.4. The zero-order valence-corrected chi connectivity index (χ0v) is 22.0. The van der Waals surface area contributed by atoms with Crippen LogP contribution in [0, 0.1) is 12.8 Å². The summed E-state index contributed by atoms with van der Waals surface area (Å²) in [5.74, 6) is 0.376. The predicted octanol–water partition coefficient (Wildman–Crippen LogP) is 2.90. The number of hydrogen-bond acceptors (Lipinski definition) is 8. The fourth-order valence-electron chi connectivity index (χ4n) is 4.86. The topological polar surface area (TPSA) is 139 Å². The Morgan fingerprint density at radius 1 is 1.10 bits per heavy atom. The van der Waals surface area contributed by atoms with Crippen molar-refractivity contribution in [2.45, 2.75) is 58.0 Å². The second-order valence-electron chi connectivity index (χ2n) is 10.5. The number of urea groups is 1. The number of imide groups is 1. The number of amides is 4. The van der Waals surface area contributed by atoms with E-state index in [1.807, 2.05) is 22.9 Å². The predicted molar refractivity (Wildman–Crippen MR) is 139 cm³/mol. The van der Waals surface area contributed by atoms with Crippen LogP contribution in [-0.2, 0) is 25.5 Å². The van der Waals surface area contributed by atoms with Gasteiger partial charge in [-0.3, -0.25) is 24.2 Å². The van der Waals surface area contributed by atoms with E-state index in [2.05, 4.69) is 15.3 Å². The SMILES string of the molecule is CC(=O)OC(Cc1cn2cc(C3CC3)cc(N3CC(=O)N(C)C3=O)c2n1)c1cc(NC(=O)C2CC2)nc(C)n1. The summed E-state index contributed by atoms with van der Waals surface area (Å²) >= 11 is 0. The van der Waals surface area contributed by atoms with E-state index in [0.717, 1.165) is 36.1 Å². The average Bonchev–Trinajstić information content (AvgIpc) is 3.80. The molecular formula is C27H29N7O5. The summed E-state index contributed by atoms with van der Waals surface area (Å²) in [7, 11) is 1.47. The fraction of sp³-hybridized carbons (Fsp3) is 0.444. The Morgan fingerprint density at radius 2 is 1.87 bits per heavy atom. The first-order chi connectivity index (χ1) is 18.7. The van der Waals surface area contributed by atoms with Crippen LogP contribution in [0.5, 0.6) is 0 Å². The van der Waals surface area contributed by atoms with Gasteiger partial charge in [-0.2, -0.15) is 0 Å². The van der Waals surface area contributed by atoms with Crippen LogP contribution in [0.1, 0.15) is 67.4 Å². The van der Waals surface area contributed by atoms with Crippen LogP contribution in [-0.4, -0.2) is 61.7 Å². The van der Waals surface area contributed by atoms with Crippen LogP contribution in [0.15, 0.2) is 24.5 Å². The van der Waals surface area contributed by atoms with Gasteiger partial charge in [-0.25, -0.2) is 19.7 Å². The quantitative estimate of drug-likeness (QED) is 0.346. The number of rotatable bonds is 8. The number of nitrogens with zero attached hydrogens (tertiary/aromatic N) is 6. The van der Waals surface area contributed by atoms with Crippen molar-refractivity contribution in [3.05, 3.63) is 47.3 Å². The highest BCUT2D eigenvalue weighted by Crippen LogP contribution is 2.42. The zero-order valence-electron chi connectivity index (χ0n) is 22.0. The number of aryl methyl sites for hydroxylation is 1. The van der Waals surface area contributed by atoms with Crippen LogP contribution in [0.4, 0.5) is 16.3 Å². The Bertz CT molecular complexity index is 1520. The Balaban J connectivity index is 1.35. The van der Waals surface area contributed by atoms with E-state index in [-0.39, 0.29) is 30.7 Å². The Hall–Kier alpha value is -4.35. The minimum absolute atomic E-state index is 0.0123. The lowest BCUT2D eigenvalue weighted by Gasteiger charge is -2.17. The molecule has 4 amide bonds. The minimum Gasteiger partial charge on any atom is -0.456 e. The summed E-state index contributed by atoms with van der Waals surface area (Å²) in [5, 5.41) is 2.83. The van der Waals surface area contributed by atoms with Gasteiger partial charge >= 0.3 is 12.0 Å². The second kappa shape index (κ2) is 9.44. The molecule has 1 N–H and O–H groups in total. The molecule has 12 nitrogen and oxygen atoms in total. The first-order valence-electron chi connectivity index (χ1n) is 13.1. The number of esters is 1. The monoisotopic (exact) mass is 531 g/mol. The lowest BCUT2D eigenvalue weighted by atomic mass is 10.1. The third-order valence-electron chi connectivity index (χ3n) is 7.22. The van der Waals surface area contributed by atoms with Gasteiger partial charge in [0.1, 0.15) is 24.3 Å². The molecule has 2 saturated carbocycles. The average molecular weight is 532 g/mol. The van der Waals surface area contributed by atoms with Gasteiger partial charge in [0.25, 0.3) is 0 Å².